The van der Waals surface area contributed by atoms with Crippen LogP contribution in [0.4, 0.5) is 0 Å². The molecule has 0 saturated heterocycles. The quantitative estimate of drug-likeness (QED) is 0.343. The first kappa shape index (κ1) is 14.5. The molecule has 0 fully saturated rings. The molecule has 2 rings (SSSR count). The lowest BCUT2D eigenvalue weighted by Crippen LogP contribution is -2.38. The third kappa shape index (κ3) is 4.02. The second-order valence-corrected chi connectivity index (χ2v) is 4.26. The van der Waals surface area contributed by atoms with E-state index in [4.69, 9.17) is 5.84 Å². The highest BCUT2D eigenvalue weighted by Gasteiger charge is 2.13. The summed E-state index contributed by atoms with van der Waals surface area (Å²) in [5.41, 5.74) is 3.34. The fourth-order valence-electron chi connectivity index (χ4n) is 1.74. The Balaban J connectivity index is 2.24. The van der Waals surface area contributed by atoms with Gasteiger partial charge in [-0.25, -0.2) is 5.84 Å². The molecule has 106 valence electrons. The number of carbonyl (C=O) groups excluding carboxylic acids is 2. The molecule has 5 nitrogen and oxygen atoms in total. The van der Waals surface area contributed by atoms with Crippen molar-refractivity contribution in [2.24, 2.45) is 5.84 Å². The molecule has 0 saturated carbocycles. The number of nitrogens with two attached hydrogens (primary N) is 1. The number of hydrogen-bond acceptors (Lipinski definition) is 3. The average molecular weight is 281 g/mol. The molecule has 2 amide bonds. The number of rotatable bonds is 4. The van der Waals surface area contributed by atoms with Crippen molar-refractivity contribution >= 4 is 17.9 Å². The molecule has 0 aromatic heterocycles. The predicted octanol–water partition coefficient (Wildman–Crippen LogP) is 1.45. The Morgan fingerprint density at radius 1 is 0.905 bits per heavy atom. The van der Waals surface area contributed by atoms with Crippen molar-refractivity contribution in [3.05, 3.63) is 77.5 Å². The van der Waals surface area contributed by atoms with Gasteiger partial charge in [0.25, 0.3) is 11.8 Å². The van der Waals surface area contributed by atoms with Crippen molar-refractivity contribution < 1.29 is 9.59 Å². The second kappa shape index (κ2) is 7.02. The number of nitrogens with one attached hydrogen (secondary N) is 2. The summed E-state index contributed by atoms with van der Waals surface area (Å²) in [7, 11) is 0. The molecule has 0 aliphatic heterocycles. The van der Waals surface area contributed by atoms with E-state index in [0.717, 1.165) is 5.56 Å². The molecule has 5 heteroatoms. The van der Waals surface area contributed by atoms with Crippen LogP contribution in [0.5, 0.6) is 0 Å². The summed E-state index contributed by atoms with van der Waals surface area (Å²) in [6, 6.07) is 17.8. The SMILES string of the molecule is NNC(=O)C(=Cc1ccccc1)NC(=O)c1ccccc1. The van der Waals surface area contributed by atoms with Crippen LogP contribution in [0, 0.1) is 0 Å². The van der Waals surface area contributed by atoms with E-state index in [1.165, 1.54) is 0 Å². The van der Waals surface area contributed by atoms with Gasteiger partial charge >= 0.3 is 0 Å². The van der Waals surface area contributed by atoms with Crippen molar-refractivity contribution in [3.8, 4) is 0 Å². The van der Waals surface area contributed by atoms with Crippen LogP contribution < -0.4 is 16.6 Å². The summed E-state index contributed by atoms with van der Waals surface area (Å²) in [5, 5.41) is 2.56. The molecule has 2 aromatic rings. The van der Waals surface area contributed by atoms with Gasteiger partial charge in [0.2, 0.25) is 0 Å². The summed E-state index contributed by atoms with van der Waals surface area (Å²) >= 11 is 0. The molecule has 0 aliphatic carbocycles. The Morgan fingerprint density at radius 2 is 1.48 bits per heavy atom. The van der Waals surface area contributed by atoms with Crippen LogP contribution in [-0.2, 0) is 4.79 Å². The molecule has 0 heterocycles. The first-order chi connectivity index (χ1) is 10.2. The highest BCUT2D eigenvalue weighted by molar-refractivity contribution is 6.05. The van der Waals surface area contributed by atoms with Crippen LogP contribution in [-0.4, -0.2) is 11.8 Å². The number of carbonyl (C=O) groups is 2. The van der Waals surface area contributed by atoms with Gasteiger partial charge in [-0.3, -0.25) is 15.0 Å². The zero-order chi connectivity index (χ0) is 15.1. The molecule has 0 bridgehead atoms. The van der Waals surface area contributed by atoms with Crippen LogP contribution in [0.25, 0.3) is 6.08 Å². The molecular formula is C16H15N3O2. The third-order valence-electron chi connectivity index (χ3n) is 2.77. The molecule has 2 aromatic carbocycles. The number of benzene rings is 2. The Kier molecular flexibility index (Phi) is 4.84. The van der Waals surface area contributed by atoms with Gasteiger partial charge in [-0.1, -0.05) is 48.5 Å². The average Bonchev–Trinajstić information content (AvgIpc) is 2.55. The van der Waals surface area contributed by atoms with E-state index >= 15 is 0 Å². The predicted molar refractivity (Wildman–Crippen MR) is 80.7 cm³/mol. The minimum absolute atomic E-state index is 0.0811. The zero-order valence-electron chi connectivity index (χ0n) is 11.2. The summed E-state index contributed by atoms with van der Waals surface area (Å²) in [4.78, 5) is 23.9. The van der Waals surface area contributed by atoms with Crippen molar-refractivity contribution in [2.75, 3.05) is 0 Å². The number of hydrogen-bond donors (Lipinski definition) is 3. The van der Waals surface area contributed by atoms with E-state index < -0.39 is 5.91 Å². The van der Waals surface area contributed by atoms with Crippen LogP contribution in [0.3, 0.4) is 0 Å². The van der Waals surface area contributed by atoms with E-state index in [1.807, 2.05) is 41.8 Å². The number of hydrazine groups is 1. The first-order valence-corrected chi connectivity index (χ1v) is 6.35. The van der Waals surface area contributed by atoms with Gasteiger partial charge in [-0.15, -0.1) is 0 Å². The van der Waals surface area contributed by atoms with Gasteiger partial charge in [0.15, 0.2) is 0 Å². The molecule has 4 N–H and O–H groups in total. The van der Waals surface area contributed by atoms with Crippen LogP contribution in [0.2, 0.25) is 0 Å². The fraction of sp³-hybridized carbons (Fsp3) is 0. The smallest absolute Gasteiger partial charge is 0.281 e. The van der Waals surface area contributed by atoms with Crippen LogP contribution >= 0.6 is 0 Å². The van der Waals surface area contributed by atoms with Crippen molar-refractivity contribution in [2.45, 2.75) is 0 Å². The summed E-state index contributed by atoms with van der Waals surface area (Å²) < 4.78 is 0. The maximum atomic E-state index is 12.1. The molecule has 0 unspecified atom stereocenters. The monoisotopic (exact) mass is 281 g/mol. The zero-order valence-corrected chi connectivity index (χ0v) is 11.2. The van der Waals surface area contributed by atoms with E-state index in [-0.39, 0.29) is 11.6 Å². The molecule has 0 atom stereocenters. The lowest BCUT2D eigenvalue weighted by molar-refractivity contribution is -0.117. The van der Waals surface area contributed by atoms with Crippen molar-refractivity contribution in [1.82, 2.24) is 10.7 Å². The van der Waals surface area contributed by atoms with E-state index in [9.17, 15) is 9.59 Å². The first-order valence-electron chi connectivity index (χ1n) is 6.35. The van der Waals surface area contributed by atoms with E-state index in [1.54, 1.807) is 30.3 Å². The Bertz CT molecular complexity index is 652. The Labute approximate surface area is 122 Å². The summed E-state index contributed by atoms with van der Waals surface area (Å²) in [6.45, 7) is 0. The topological polar surface area (TPSA) is 84.2 Å². The van der Waals surface area contributed by atoms with Gasteiger partial charge in [0.05, 0.1) is 0 Å². The normalized spacial score (nSPS) is 10.8. The Hall–Kier alpha value is -2.92. The largest absolute Gasteiger partial charge is 0.317 e. The molecule has 21 heavy (non-hydrogen) atoms. The van der Waals surface area contributed by atoms with Gasteiger partial charge in [-0.05, 0) is 23.8 Å². The molecule has 0 spiro atoms. The maximum absolute atomic E-state index is 12.1. The minimum atomic E-state index is -0.567. The lowest BCUT2D eigenvalue weighted by Gasteiger charge is -2.08. The second-order valence-electron chi connectivity index (χ2n) is 4.26. The summed E-state index contributed by atoms with van der Waals surface area (Å²) in [5.74, 6) is 4.21. The fourth-order valence-corrected chi connectivity index (χ4v) is 1.74. The number of amides is 2. The van der Waals surface area contributed by atoms with Crippen LogP contribution in [0.15, 0.2) is 66.4 Å². The molecular weight excluding hydrogens is 266 g/mol. The third-order valence-corrected chi connectivity index (χ3v) is 2.77. The van der Waals surface area contributed by atoms with E-state index in [2.05, 4.69) is 5.32 Å². The van der Waals surface area contributed by atoms with Gasteiger partial charge in [0.1, 0.15) is 5.70 Å². The van der Waals surface area contributed by atoms with Gasteiger partial charge in [-0.2, -0.15) is 0 Å². The molecule has 0 aliphatic rings. The molecule has 0 radical (unpaired) electrons. The maximum Gasteiger partial charge on any atom is 0.281 e. The highest BCUT2D eigenvalue weighted by Crippen LogP contribution is 2.06. The van der Waals surface area contributed by atoms with Crippen molar-refractivity contribution in [1.29, 1.82) is 0 Å². The minimum Gasteiger partial charge on any atom is -0.317 e. The van der Waals surface area contributed by atoms with Crippen LogP contribution in [0.1, 0.15) is 15.9 Å². The van der Waals surface area contributed by atoms with Crippen molar-refractivity contribution in [3.63, 3.8) is 0 Å². The van der Waals surface area contributed by atoms with E-state index in [0.29, 0.717) is 5.56 Å². The highest BCUT2D eigenvalue weighted by atomic mass is 16.2. The Morgan fingerprint density at radius 3 is 2.05 bits per heavy atom. The summed E-state index contributed by atoms with van der Waals surface area (Å²) in [6.07, 6.45) is 1.56. The van der Waals surface area contributed by atoms with Gasteiger partial charge < -0.3 is 5.32 Å². The van der Waals surface area contributed by atoms with Gasteiger partial charge in [0, 0.05) is 5.56 Å². The lowest BCUT2D eigenvalue weighted by atomic mass is 10.1. The standard InChI is InChI=1S/C16H15N3O2/c17-19-16(21)14(11-12-7-3-1-4-8-12)18-15(20)13-9-5-2-6-10-13/h1-11H,17H2,(H,18,20)(H,19,21).